The van der Waals surface area contributed by atoms with Crippen molar-refractivity contribution in [3.05, 3.63) is 71.9 Å². The van der Waals surface area contributed by atoms with Gasteiger partial charge in [0, 0.05) is 30.7 Å². The molecule has 1 fully saturated rings. The van der Waals surface area contributed by atoms with Crippen LogP contribution >= 0.6 is 11.8 Å². The summed E-state index contributed by atoms with van der Waals surface area (Å²) < 4.78 is 15.7. The van der Waals surface area contributed by atoms with Crippen LogP contribution in [0.4, 0.5) is 10.2 Å². The number of hydrogen-bond donors (Lipinski definition) is 1. The Bertz CT molecular complexity index is 1340. The van der Waals surface area contributed by atoms with E-state index in [0.29, 0.717) is 30.0 Å². The van der Waals surface area contributed by atoms with Crippen molar-refractivity contribution in [2.45, 2.75) is 24.8 Å². The lowest BCUT2D eigenvalue weighted by atomic mass is 10.1. The minimum Gasteiger partial charge on any atom is -0.355 e. The number of rotatable bonds is 6. The third kappa shape index (κ3) is 4.48. The lowest BCUT2D eigenvalue weighted by Crippen LogP contribution is -2.32. The van der Waals surface area contributed by atoms with Crippen LogP contribution in [0.1, 0.15) is 17.5 Å². The number of aryl methyl sites for hydroxylation is 1. The number of carbonyl (C=O) groups is 1. The van der Waals surface area contributed by atoms with Gasteiger partial charge in [-0.1, -0.05) is 18.2 Å². The average molecular weight is 477 g/mol. The van der Waals surface area contributed by atoms with Crippen LogP contribution in [0, 0.1) is 18.7 Å². The maximum Gasteiger partial charge on any atom is 0.225 e. The van der Waals surface area contributed by atoms with Gasteiger partial charge in [0.1, 0.15) is 18.0 Å². The maximum atomic E-state index is 14.1. The number of carbonyl (C=O) groups excluding carboxylic acids is 1. The van der Waals surface area contributed by atoms with Crippen LogP contribution in [0.3, 0.4) is 0 Å². The van der Waals surface area contributed by atoms with Gasteiger partial charge in [-0.25, -0.2) is 19.0 Å². The summed E-state index contributed by atoms with van der Waals surface area (Å²) in [5, 5.41) is 8.35. The van der Waals surface area contributed by atoms with Gasteiger partial charge in [0.2, 0.25) is 5.91 Å². The van der Waals surface area contributed by atoms with Crippen molar-refractivity contribution in [1.82, 2.24) is 25.1 Å². The molecule has 1 amide bonds. The van der Waals surface area contributed by atoms with Gasteiger partial charge < -0.3 is 10.2 Å². The fourth-order valence-corrected chi connectivity index (χ4v) is 4.59. The molecular formula is C25H25FN6OS. The van der Waals surface area contributed by atoms with Gasteiger partial charge in [-0.05, 0) is 55.0 Å². The molecule has 4 aromatic rings. The number of nitrogens with zero attached hydrogens (tertiary/aromatic N) is 5. The fourth-order valence-electron chi connectivity index (χ4n) is 4.18. The third-order valence-electron chi connectivity index (χ3n) is 6.20. The number of thioether (sulfide) groups is 1. The van der Waals surface area contributed by atoms with Gasteiger partial charge in [-0.3, -0.25) is 4.79 Å². The summed E-state index contributed by atoms with van der Waals surface area (Å²) in [6, 6.07) is 13.2. The van der Waals surface area contributed by atoms with Crippen LogP contribution in [0.15, 0.2) is 59.9 Å². The number of hydrogen-bond acceptors (Lipinski definition) is 6. The monoisotopic (exact) mass is 476 g/mol. The molecule has 1 atom stereocenters. The second-order valence-electron chi connectivity index (χ2n) is 8.44. The third-order valence-corrected chi connectivity index (χ3v) is 6.94. The molecule has 0 unspecified atom stereocenters. The standard InChI is InChI=1S/C25H25FN6OS/c1-16-3-6-19(11-22(16)26)32-14-21-23(30-32)28-15-29-24(21)31-10-9-18(13-31)25(33)27-12-17-4-7-20(34-2)8-5-17/h3-8,11,14-15,18H,9-10,12-13H2,1-2H3,(H,27,33)/t18-/m1/s1. The van der Waals surface area contributed by atoms with Crippen LogP contribution in [-0.4, -0.2) is 45.0 Å². The summed E-state index contributed by atoms with van der Waals surface area (Å²) >= 11 is 1.70. The first-order chi connectivity index (χ1) is 16.5. The molecule has 2 aromatic heterocycles. The summed E-state index contributed by atoms with van der Waals surface area (Å²) in [6.45, 7) is 3.54. The number of aromatic nitrogens is 4. The predicted octanol–water partition coefficient (Wildman–Crippen LogP) is 4.13. The van der Waals surface area contributed by atoms with Gasteiger partial charge in [-0.15, -0.1) is 16.9 Å². The van der Waals surface area contributed by atoms with Gasteiger partial charge >= 0.3 is 0 Å². The maximum absolute atomic E-state index is 14.1. The molecule has 2 aromatic carbocycles. The zero-order chi connectivity index (χ0) is 23.7. The first-order valence-corrected chi connectivity index (χ1v) is 12.4. The first-order valence-electron chi connectivity index (χ1n) is 11.1. The molecule has 1 N–H and O–H groups in total. The number of nitrogens with one attached hydrogen (secondary N) is 1. The van der Waals surface area contributed by atoms with Crippen molar-refractivity contribution >= 4 is 34.5 Å². The lowest BCUT2D eigenvalue weighted by Gasteiger charge is -2.17. The number of anilines is 1. The SMILES string of the molecule is CSc1ccc(CNC(=O)[C@@H]2CCN(c3ncnc4nn(-c5ccc(C)c(F)c5)cc34)C2)cc1. The van der Waals surface area contributed by atoms with Crippen LogP contribution in [0.5, 0.6) is 0 Å². The van der Waals surface area contributed by atoms with Crippen LogP contribution in [-0.2, 0) is 11.3 Å². The van der Waals surface area contributed by atoms with Crippen LogP contribution in [0.25, 0.3) is 16.7 Å². The van der Waals surface area contributed by atoms with E-state index in [1.807, 2.05) is 30.7 Å². The molecular weight excluding hydrogens is 451 g/mol. The Balaban J connectivity index is 1.29. The molecule has 0 aliphatic carbocycles. The lowest BCUT2D eigenvalue weighted by molar-refractivity contribution is -0.124. The minimum atomic E-state index is -0.281. The Morgan fingerprint density at radius 2 is 2.03 bits per heavy atom. The first kappa shape index (κ1) is 22.3. The molecule has 0 saturated carbocycles. The fraction of sp³-hybridized carbons (Fsp3) is 0.280. The van der Waals surface area contributed by atoms with Crippen molar-refractivity contribution in [1.29, 1.82) is 0 Å². The van der Waals surface area contributed by atoms with Gasteiger partial charge in [0.15, 0.2) is 5.65 Å². The smallest absolute Gasteiger partial charge is 0.225 e. The van der Waals surface area contributed by atoms with Crippen LogP contribution in [0.2, 0.25) is 0 Å². The molecule has 3 heterocycles. The van der Waals surface area contributed by atoms with Gasteiger partial charge in [-0.2, -0.15) is 0 Å². The Labute approximate surface area is 201 Å². The van der Waals surface area contributed by atoms with Crippen molar-refractivity contribution in [2.24, 2.45) is 5.92 Å². The van der Waals surface area contributed by atoms with E-state index in [0.717, 1.165) is 29.7 Å². The summed E-state index contributed by atoms with van der Waals surface area (Å²) in [6.07, 6.45) is 6.10. The van der Waals surface area contributed by atoms with Crippen molar-refractivity contribution in [3.8, 4) is 5.69 Å². The molecule has 34 heavy (non-hydrogen) atoms. The highest BCUT2D eigenvalue weighted by atomic mass is 32.2. The molecule has 1 aliphatic rings. The van der Waals surface area contributed by atoms with E-state index in [-0.39, 0.29) is 17.6 Å². The van der Waals surface area contributed by atoms with Crippen molar-refractivity contribution in [2.75, 3.05) is 24.2 Å². The van der Waals surface area contributed by atoms with E-state index in [1.165, 1.54) is 17.3 Å². The van der Waals surface area contributed by atoms with E-state index in [9.17, 15) is 9.18 Å². The van der Waals surface area contributed by atoms with Crippen molar-refractivity contribution < 1.29 is 9.18 Å². The molecule has 7 nitrogen and oxygen atoms in total. The summed E-state index contributed by atoms with van der Waals surface area (Å²) in [4.78, 5) is 24.9. The van der Waals surface area contributed by atoms with Gasteiger partial charge in [0.25, 0.3) is 0 Å². The number of benzene rings is 2. The molecule has 5 rings (SSSR count). The molecule has 1 saturated heterocycles. The second kappa shape index (κ2) is 9.42. The van der Waals surface area contributed by atoms with E-state index in [1.54, 1.807) is 29.4 Å². The highest BCUT2D eigenvalue weighted by Gasteiger charge is 2.30. The Kier molecular flexibility index (Phi) is 6.19. The number of halogens is 1. The average Bonchev–Trinajstić information content (AvgIpc) is 3.52. The van der Waals surface area contributed by atoms with Crippen LogP contribution < -0.4 is 10.2 Å². The zero-order valence-corrected chi connectivity index (χ0v) is 19.8. The molecule has 0 bridgehead atoms. The van der Waals surface area contributed by atoms with E-state index < -0.39 is 0 Å². The molecule has 0 radical (unpaired) electrons. The zero-order valence-electron chi connectivity index (χ0n) is 19.0. The topological polar surface area (TPSA) is 75.9 Å². The summed E-state index contributed by atoms with van der Waals surface area (Å²) in [5.74, 6) is 0.396. The summed E-state index contributed by atoms with van der Waals surface area (Å²) in [7, 11) is 0. The summed E-state index contributed by atoms with van der Waals surface area (Å²) in [5.41, 5.74) is 2.82. The predicted molar refractivity (Wildman–Crippen MR) is 132 cm³/mol. The van der Waals surface area contributed by atoms with E-state index >= 15 is 0 Å². The Hall–Kier alpha value is -3.46. The number of amides is 1. The Morgan fingerprint density at radius 3 is 2.79 bits per heavy atom. The Morgan fingerprint density at radius 1 is 1.21 bits per heavy atom. The van der Waals surface area contributed by atoms with Crippen molar-refractivity contribution in [3.63, 3.8) is 0 Å². The highest BCUT2D eigenvalue weighted by molar-refractivity contribution is 7.98. The highest BCUT2D eigenvalue weighted by Crippen LogP contribution is 2.29. The van der Waals surface area contributed by atoms with Gasteiger partial charge in [0.05, 0.1) is 17.0 Å². The largest absolute Gasteiger partial charge is 0.355 e. The van der Waals surface area contributed by atoms with E-state index in [4.69, 9.17) is 0 Å². The molecule has 1 aliphatic heterocycles. The second-order valence-corrected chi connectivity index (χ2v) is 9.32. The minimum absolute atomic E-state index is 0.0487. The van der Waals surface area contributed by atoms with E-state index in [2.05, 4.69) is 37.4 Å². The molecule has 9 heteroatoms. The quantitative estimate of drug-likeness (QED) is 0.422. The molecule has 0 spiro atoms. The normalized spacial score (nSPS) is 15.7. The number of fused-ring (bicyclic) bond motifs is 1. The molecule has 174 valence electrons.